The Bertz CT molecular complexity index is 1470. The lowest BCUT2D eigenvalue weighted by Crippen LogP contribution is -2.56. The van der Waals surface area contributed by atoms with E-state index < -0.39 is 11.8 Å². The number of benzene rings is 1. The highest BCUT2D eigenvalue weighted by Gasteiger charge is 2.59. The zero-order valence-corrected chi connectivity index (χ0v) is 23.2. The Morgan fingerprint density at radius 2 is 2.08 bits per heavy atom. The maximum atomic E-state index is 13.6. The van der Waals surface area contributed by atoms with E-state index in [1.54, 1.807) is 6.20 Å². The van der Waals surface area contributed by atoms with Crippen molar-refractivity contribution in [3.05, 3.63) is 70.7 Å². The molecule has 1 saturated heterocycles. The van der Waals surface area contributed by atoms with Crippen LogP contribution in [0.5, 0.6) is 5.75 Å². The van der Waals surface area contributed by atoms with Gasteiger partial charge in [0.25, 0.3) is 5.72 Å². The fourth-order valence-corrected chi connectivity index (χ4v) is 4.98. The quantitative estimate of drug-likeness (QED) is 0.324. The van der Waals surface area contributed by atoms with Crippen molar-refractivity contribution in [2.75, 3.05) is 42.6 Å². The van der Waals surface area contributed by atoms with Crippen molar-refractivity contribution >= 4 is 23.4 Å². The summed E-state index contributed by atoms with van der Waals surface area (Å²) in [6.07, 6.45) is 2.92. The largest absolute Gasteiger partial charge is 0.494 e. The van der Waals surface area contributed by atoms with Gasteiger partial charge in [0.2, 0.25) is 5.82 Å². The summed E-state index contributed by atoms with van der Waals surface area (Å²) in [7, 11) is 0. The zero-order chi connectivity index (χ0) is 28.3. The number of fused-ring (bicyclic) bond motifs is 2. The Balaban J connectivity index is 1.46. The predicted octanol–water partition coefficient (Wildman–Crippen LogP) is 3.64. The number of amidine groups is 1. The van der Waals surface area contributed by atoms with Gasteiger partial charge in [0.15, 0.2) is 5.82 Å². The van der Waals surface area contributed by atoms with Gasteiger partial charge in [-0.05, 0) is 68.5 Å². The van der Waals surface area contributed by atoms with Crippen LogP contribution in [0.3, 0.4) is 0 Å². The summed E-state index contributed by atoms with van der Waals surface area (Å²) in [4.78, 5) is 31.5. The normalized spacial score (nSPS) is 18.1. The first-order valence-electron chi connectivity index (χ1n) is 13.5. The molecule has 2 aliphatic rings. The number of rotatable bonds is 9. The number of anilines is 2. The minimum Gasteiger partial charge on any atom is -0.494 e. The molecule has 1 fully saturated rings. The molecule has 1 unspecified atom stereocenters. The predicted molar refractivity (Wildman–Crippen MR) is 150 cm³/mol. The number of amides is 2. The van der Waals surface area contributed by atoms with Gasteiger partial charge in [0, 0.05) is 26.1 Å². The van der Waals surface area contributed by atoms with E-state index in [4.69, 9.17) is 21.0 Å². The van der Waals surface area contributed by atoms with Crippen LogP contribution >= 0.6 is 0 Å². The Kier molecular flexibility index (Phi) is 7.66. The van der Waals surface area contributed by atoms with Crippen LogP contribution in [0.4, 0.5) is 16.3 Å². The summed E-state index contributed by atoms with van der Waals surface area (Å²) >= 11 is 0. The van der Waals surface area contributed by atoms with Crippen LogP contribution < -0.4 is 19.9 Å². The van der Waals surface area contributed by atoms with Gasteiger partial charge in [-0.2, -0.15) is 0 Å². The fourth-order valence-electron chi connectivity index (χ4n) is 4.98. The van der Waals surface area contributed by atoms with E-state index in [0.717, 1.165) is 35.7 Å². The summed E-state index contributed by atoms with van der Waals surface area (Å²) in [6.45, 7) is 18.5. The molecule has 12 nitrogen and oxygen atoms in total. The number of nitrogens with one attached hydrogen (secondary N) is 1. The molecule has 12 heteroatoms. The van der Waals surface area contributed by atoms with Crippen molar-refractivity contribution in [2.24, 2.45) is 5.10 Å². The SMILES string of the molecule is [C-]#[N+]C1=Nn2nc(CCCOc3cccc(C)c3)nc2C12OCCNC(=O)N2c1ncc(N(CC)CC)cc1C. The number of aromatic nitrogens is 4. The number of hydrogen-bond acceptors (Lipinski definition) is 8. The van der Waals surface area contributed by atoms with Crippen LogP contribution in [0.15, 0.2) is 41.6 Å². The monoisotopic (exact) mass is 543 g/mol. The zero-order valence-electron chi connectivity index (χ0n) is 23.2. The lowest BCUT2D eigenvalue weighted by molar-refractivity contribution is 0.0150. The highest BCUT2D eigenvalue weighted by molar-refractivity contribution is 6.08. The van der Waals surface area contributed by atoms with Crippen LogP contribution in [0.1, 0.15) is 43.0 Å². The number of pyridine rings is 1. The molecule has 2 amide bonds. The van der Waals surface area contributed by atoms with E-state index in [0.29, 0.717) is 31.1 Å². The number of hydrogen-bond donors (Lipinski definition) is 1. The molecule has 2 aromatic heterocycles. The molecule has 0 bridgehead atoms. The standard InChI is InChI=1S/C28H33N9O3/c1-6-35(7-2)21-17-20(4)24(31-18-21)36-27(38)30-13-15-40-28(36)25(29-5)34-37-26(28)32-23(33-37)12-9-14-39-22-11-8-10-19(3)16-22/h8,10-11,16-18H,6-7,9,12-15H2,1-4H3,(H,30,38). The summed E-state index contributed by atoms with van der Waals surface area (Å²) in [6, 6.07) is 9.42. The number of urea groups is 1. The van der Waals surface area contributed by atoms with Gasteiger partial charge in [0.1, 0.15) is 11.6 Å². The molecule has 4 heterocycles. The molecule has 0 aliphatic carbocycles. The fraction of sp³-hybridized carbons (Fsp3) is 0.429. The van der Waals surface area contributed by atoms with E-state index in [1.165, 1.54) is 9.69 Å². The first-order chi connectivity index (χ1) is 19.4. The lowest BCUT2D eigenvalue weighted by Gasteiger charge is -2.36. The Hall–Kier alpha value is -4.50. The smallest absolute Gasteiger partial charge is 0.334 e. The third kappa shape index (κ3) is 4.84. The van der Waals surface area contributed by atoms with Gasteiger partial charge in [-0.1, -0.05) is 23.5 Å². The molecule has 3 aromatic rings. The second-order valence-electron chi connectivity index (χ2n) is 9.61. The van der Waals surface area contributed by atoms with E-state index >= 15 is 0 Å². The number of nitrogens with zero attached hydrogens (tertiary/aromatic N) is 8. The van der Waals surface area contributed by atoms with Crippen molar-refractivity contribution in [2.45, 2.75) is 46.3 Å². The van der Waals surface area contributed by atoms with Crippen LogP contribution in [-0.2, 0) is 16.9 Å². The highest BCUT2D eigenvalue weighted by atomic mass is 16.5. The molecule has 0 saturated carbocycles. The van der Waals surface area contributed by atoms with Crippen LogP contribution in [0.25, 0.3) is 4.85 Å². The molecular weight excluding hydrogens is 510 g/mol. The molecule has 1 N–H and O–H groups in total. The van der Waals surface area contributed by atoms with Gasteiger partial charge in [-0.3, -0.25) is 0 Å². The molecule has 1 atom stereocenters. The summed E-state index contributed by atoms with van der Waals surface area (Å²) in [5.74, 6) is 1.89. The number of carbonyl (C=O) groups is 1. The third-order valence-electron chi connectivity index (χ3n) is 6.92. The Morgan fingerprint density at radius 3 is 2.80 bits per heavy atom. The molecule has 5 rings (SSSR count). The highest BCUT2D eigenvalue weighted by Crippen LogP contribution is 2.41. The molecule has 0 radical (unpaired) electrons. The minimum atomic E-state index is -1.69. The van der Waals surface area contributed by atoms with Crippen molar-refractivity contribution < 1.29 is 14.3 Å². The number of ether oxygens (including phenoxy) is 2. The van der Waals surface area contributed by atoms with Crippen molar-refractivity contribution in [3.8, 4) is 5.75 Å². The van der Waals surface area contributed by atoms with E-state index in [1.807, 2.05) is 44.2 Å². The van der Waals surface area contributed by atoms with E-state index in [-0.39, 0.29) is 24.8 Å². The van der Waals surface area contributed by atoms with Crippen molar-refractivity contribution in [1.82, 2.24) is 25.2 Å². The Morgan fingerprint density at radius 1 is 1.25 bits per heavy atom. The molecule has 40 heavy (non-hydrogen) atoms. The van der Waals surface area contributed by atoms with Crippen LogP contribution in [-0.4, -0.2) is 64.6 Å². The summed E-state index contributed by atoms with van der Waals surface area (Å²) in [5, 5.41) is 11.8. The first-order valence-corrected chi connectivity index (χ1v) is 13.5. The van der Waals surface area contributed by atoms with E-state index in [9.17, 15) is 4.79 Å². The average Bonchev–Trinajstić information content (AvgIpc) is 3.41. The van der Waals surface area contributed by atoms with Gasteiger partial charge in [0.05, 0.1) is 25.1 Å². The second kappa shape index (κ2) is 11.3. The van der Waals surface area contributed by atoms with Gasteiger partial charge >= 0.3 is 11.9 Å². The second-order valence-corrected chi connectivity index (χ2v) is 9.61. The van der Waals surface area contributed by atoms with Gasteiger partial charge in [-0.25, -0.2) is 19.7 Å². The number of carbonyl (C=O) groups excluding carboxylic acids is 1. The maximum absolute atomic E-state index is 13.6. The molecule has 2 aliphatic heterocycles. The lowest BCUT2D eigenvalue weighted by atomic mass is 10.1. The van der Waals surface area contributed by atoms with Gasteiger partial charge < -0.3 is 24.5 Å². The van der Waals surface area contributed by atoms with Crippen molar-refractivity contribution in [3.63, 3.8) is 0 Å². The molecule has 1 aromatic carbocycles. The van der Waals surface area contributed by atoms with E-state index in [2.05, 4.69) is 44.1 Å². The number of aryl methyl sites for hydroxylation is 3. The summed E-state index contributed by atoms with van der Waals surface area (Å²) < 4.78 is 12.2. The summed E-state index contributed by atoms with van der Waals surface area (Å²) in [5.41, 5.74) is 1.13. The Labute approximate surface area is 233 Å². The molecule has 1 spiro atoms. The van der Waals surface area contributed by atoms with Crippen LogP contribution in [0, 0.1) is 20.4 Å². The topological polar surface area (TPSA) is 114 Å². The molecular formula is C28H33N9O3. The first kappa shape index (κ1) is 27.1. The maximum Gasteiger partial charge on any atom is 0.334 e. The van der Waals surface area contributed by atoms with Crippen molar-refractivity contribution in [1.29, 1.82) is 0 Å². The minimum absolute atomic E-state index is 0.0529. The van der Waals surface area contributed by atoms with Crippen LogP contribution in [0.2, 0.25) is 0 Å². The molecule has 208 valence electrons. The van der Waals surface area contributed by atoms with Gasteiger partial charge in [-0.15, -0.1) is 5.10 Å². The third-order valence-corrected chi connectivity index (χ3v) is 6.92. The average molecular weight is 544 g/mol.